The van der Waals surface area contributed by atoms with Gasteiger partial charge in [0.25, 0.3) is 0 Å². The van der Waals surface area contributed by atoms with Crippen LogP contribution in [0.5, 0.6) is 0 Å². The van der Waals surface area contributed by atoms with Crippen LogP contribution in [0.1, 0.15) is 15.9 Å². The van der Waals surface area contributed by atoms with Crippen LogP contribution in [0.25, 0.3) is 0 Å². The van der Waals surface area contributed by atoms with Crippen molar-refractivity contribution in [2.45, 2.75) is 24.5 Å². The fraction of sp³-hybridized carbons (Fsp3) is 0. The second kappa shape index (κ2) is 12.1. The molecule has 224 valence electrons. The third-order valence-electron chi connectivity index (χ3n) is 5.55. The first-order valence-corrected chi connectivity index (χ1v) is 16.4. The van der Waals surface area contributed by atoms with E-state index in [9.17, 15) is 38.8 Å². The Morgan fingerprint density at radius 2 is 0.814 bits per heavy atom. The molecule has 0 saturated heterocycles. The van der Waals surface area contributed by atoms with Gasteiger partial charge in [-0.3, -0.25) is 4.79 Å². The molecule has 0 bridgehead atoms. The first kappa shape index (κ1) is 32.3. The molecule has 0 spiro atoms. The Morgan fingerprint density at radius 1 is 0.488 bits per heavy atom. The van der Waals surface area contributed by atoms with Crippen LogP contribution in [0.4, 0.5) is 34.0 Å². The van der Waals surface area contributed by atoms with Crippen LogP contribution in [-0.2, 0) is 10.9 Å². The largest absolute Gasteiger partial charge is 0.289 e. The Labute approximate surface area is 249 Å². The van der Waals surface area contributed by atoms with Crippen LogP contribution in [0, 0.1) is 11.6 Å². The number of hydrogen-bond donors (Lipinski definition) is 0. The summed E-state index contributed by atoms with van der Waals surface area (Å²) >= 11 is 1.61. The summed E-state index contributed by atoms with van der Waals surface area (Å²) in [7, 11) is -11.2. The predicted molar refractivity (Wildman–Crippen MR) is 155 cm³/mol. The van der Waals surface area contributed by atoms with Crippen molar-refractivity contribution in [1.82, 2.24) is 0 Å². The van der Waals surface area contributed by atoms with Gasteiger partial charge in [-0.15, -0.1) is 0 Å². The van der Waals surface area contributed by atoms with Gasteiger partial charge in [0.2, 0.25) is 0 Å². The summed E-state index contributed by atoms with van der Waals surface area (Å²) in [6.07, 6.45) is 0. The molecule has 0 heterocycles. The van der Waals surface area contributed by atoms with E-state index < -0.39 is 18.7 Å². The van der Waals surface area contributed by atoms with E-state index in [1.807, 2.05) is 54.6 Å². The van der Waals surface area contributed by atoms with E-state index in [0.29, 0.717) is 11.1 Å². The fourth-order valence-electron chi connectivity index (χ4n) is 3.76. The minimum atomic E-state index is -10.7. The van der Waals surface area contributed by atoms with Crippen LogP contribution >= 0.6 is 19.6 Å². The summed E-state index contributed by atoms with van der Waals surface area (Å²) in [6.45, 7) is 0. The van der Waals surface area contributed by atoms with E-state index in [2.05, 4.69) is 24.3 Å². The SMILES string of the molecule is F[P-](F)(F)(F)(F)F.O=C(c1ccccc1)c1ccc(Sc2ccc([S+](c3ccc(F)cc3)c3ccc(F)cc3)cc2)cc1. The summed E-state index contributed by atoms with van der Waals surface area (Å²) in [5.74, 6) is -0.570. The average molecular weight is 657 g/mol. The molecule has 0 aliphatic rings. The third kappa shape index (κ3) is 10.8. The van der Waals surface area contributed by atoms with Gasteiger partial charge < -0.3 is 0 Å². The first-order valence-electron chi connectivity index (χ1n) is 12.3. The summed E-state index contributed by atoms with van der Waals surface area (Å²) < 4.78 is 86.3. The van der Waals surface area contributed by atoms with E-state index in [1.54, 1.807) is 36.0 Å². The molecule has 0 aromatic heterocycles. The van der Waals surface area contributed by atoms with Crippen molar-refractivity contribution in [3.63, 3.8) is 0 Å². The van der Waals surface area contributed by atoms with Crippen LogP contribution in [0.3, 0.4) is 0 Å². The Morgan fingerprint density at radius 3 is 1.21 bits per heavy atom. The van der Waals surface area contributed by atoms with Gasteiger partial charge in [0, 0.05) is 20.9 Å². The zero-order chi connectivity index (χ0) is 31.3. The number of carbonyl (C=O) groups is 1. The fourth-order valence-corrected chi connectivity index (χ4v) is 6.62. The van der Waals surface area contributed by atoms with E-state index in [4.69, 9.17) is 0 Å². The van der Waals surface area contributed by atoms with E-state index >= 15 is 0 Å². The van der Waals surface area contributed by atoms with Crippen molar-refractivity contribution >= 4 is 36.2 Å². The van der Waals surface area contributed by atoms with Crippen molar-refractivity contribution < 1.29 is 38.8 Å². The molecule has 0 atom stereocenters. The van der Waals surface area contributed by atoms with Gasteiger partial charge in [-0.1, -0.05) is 42.1 Å². The van der Waals surface area contributed by atoms with Crippen molar-refractivity contribution in [3.05, 3.63) is 150 Å². The van der Waals surface area contributed by atoms with Crippen LogP contribution in [0.2, 0.25) is 0 Å². The number of rotatable bonds is 7. The molecule has 0 aliphatic heterocycles. The van der Waals surface area contributed by atoms with Crippen LogP contribution in [-0.4, -0.2) is 5.78 Å². The van der Waals surface area contributed by atoms with Crippen LogP contribution < -0.4 is 0 Å². The summed E-state index contributed by atoms with van der Waals surface area (Å²) in [6, 6.07) is 38.0. The second-order valence-electron chi connectivity index (χ2n) is 8.97. The molecule has 1 nitrogen and oxygen atoms in total. The van der Waals surface area contributed by atoms with Gasteiger partial charge in [-0.25, -0.2) is 8.78 Å². The van der Waals surface area contributed by atoms with Crippen molar-refractivity contribution in [2.24, 2.45) is 0 Å². The van der Waals surface area contributed by atoms with Gasteiger partial charge in [0.1, 0.15) is 11.6 Å². The molecule has 0 aliphatic carbocycles. The van der Waals surface area contributed by atoms with E-state index in [-0.39, 0.29) is 17.4 Å². The Hall–Kier alpha value is -3.66. The first-order chi connectivity index (χ1) is 20.0. The zero-order valence-corrected chi connectivity index (χ0v) is 24.3. The van der Waals surface area contributed by atoms with E-state index in [0.717, 1.165) is 24.5 Å². The molecular weight excluding hydrogens is 635 g/mol. The molecule has 0 radical (unpaired) electrons. The molecule has 43 heavy (non-hydrogen) atoms. The Bertz CT molecular complexity index is 1620. The molecule has 12 heteroatoms. The van der Waals surface area contributed by atoms with Gasteiger partial charge in [-0.05, 0) is 97.1 Å². The van der Waals surface area contributed by atoms with Crippen molar-refractivity contribution in [2.75, 3.05) is 0 Å². The molecule has 5 rings (SSSR count). The molecule has 0 saturated carbocycles. The minimum absolute atomic E-state index is 0.00474. The maximum absolute atomic E-state index is 13.6. The molecule has 0 amide bonds. The maximum atomic E-state index is 13.6. The standard InChI is InChI=1S/C31H21F2OS2.F6P/c32-24-8-16-28(17-9-24)36(29-18-10-25(33)11-19-29)30-20-14-27(15-21-30)35-26-12-6-23(7-13-26)31(34)22-4-2-1-3-5-22;1-7(2,3,4,5)6/h1-21H;/q+1;-1. The van der Waals surface area contributed by atoms with Gasteiger partial charge in [0.15, 0.2) is 20.5 Å². The number of benzene rings is 5. The molecule has 5 aromatic carbocycles. The topological polar surface area (TPSA) is 17.1 Å². The molecule has 5 aromatic rings. The van der Waals surface area contributed by atoms with Crippen molar-refractivity contribution in [3.8, 4) is 0 Å². The summed E-state index contributed by atoms with van der Waals surface area (Å²) in [5.41, 5.74) is 1.33. The number of hydrogen-bond acceptors (Lipinski definition) is 2. The third-order valence-corrected chi connectivity index (χ3v) is 8.79. The molecule has 0 N–H and O–H groups in total. The second-order valence-corrected chi connectivity index (χ2v) is 14.1. The number of ketones is 1. The van der Waals surface area contributed by atoms with Crippen LogP contribution in [0.15, 0.2) is 152 Å². The molecular formula is C31H21F8OPS2. The minimum Gasteiger partial charge on any atom is -0.289 e. The Balaban J connectivity index is 0.000000541. The number of carbonyl (C=O) groups excluding carboxylic acids is 1. The van der Waals surface area contributed by atoms with Crippen molar-refractivity contribution in [1.29, 1.82) is 0 Å². The monoisotopic (exact) mass is 656 g/mol. The summed E-state index contributed by atoms with van der Waals surface area (Å²) in [5, 5.41) is 0. The Kier molecular flexibility index (Phi) is 9.11. The van der Waals surface area contributed by atoms with E-state index in [1.165, 1.54) is 24.3 Å². The molecule has 0 fully saturated rings. The molecule has 0 unspecified atom stereocenters. The maximum Gasteiger partial charge on any atom is 0.193 e. The smallest absolute Gasteiger partial charge is 0.193 e. The quantitative estimate of drug-likeness (QED) is 0.0751. The zero-order valence-electron chi connectivity index (χ0n) is 21.8. The number of halogens is 8. The normalized spacial score (nSPS) is 13.0. The van der Waals surface area contributed by atoms with Gasteiger partial charge >= 0.3 is 33.0 Å². The van der Waals surface area contributed by atoms with Gasteiger partial charge in [-0.2, -0.15) is 0 Å². The van der Waals surface area contributed by atoms with Gasteiger partial charge in [0.05, 0.1) is 10.9 Å². The summed E-state index contributed by atoms with van der Waals surface area (Å²) in [4.78, 5) is 17.7. The predicted octanol–water partition coefficient (Wildman–Crippen LogP) is 11.8. The average Bonchev–Trinajstić information content (AvgIpc) is 2.95.